The van der Waals surface area contributed by atoms with Crippen molar-refractivity contribution in [3.63, 3.8) is 0 Å². The van der Waals surface area contributed by atoms with Crippen molar-refractivity contribution in [1.82, 2.24) is 19.3 Å². The Kier molecular flexibility index (Phi) is 3.35. The van der Waals surface area contributed by atoms with Crippen molar-refractivity contribution in [3.8, 4) is 0 Å². The van der Waals surface area contributed by atoms with Crippen molar-refractivity contribution in [2.24, 2.45) is 5.73 Å². The second-order valence-corrected chi connectivity index (χ2v) is 5.28. The van der Waals surface area contributed by atoms with E-state index in [0.717, 1.165) is 37.2 Å². The molecule has 0 unspecified atom stereocenters. The summed E-state index contributed by atoms with van der Waals surface area (Å²) in [6.45, 7) is 1.10. The highest BCUT2D eigenvalue weighted by molar-refractivity contribution is 7.80. The Hall–Kier alpha value is -2.02. The Morgan fingerprint density at radius 2 is 2.30 bits per heavy atom. The number of rotatable bonds is 3. The first kappa shape index (κ1) is 13.0. The average molecular weight is 289 g/mol. The van der Waals surface area contributed by atoms with Crippen molar-refractivity contribution >= 4 is 17.2 Å². The summed E-state index contributed by atoms with van der Waals surface area (Å²) < 4.78 is 3.22. The van der Waals surface area contributed by atoms with Crippen LogP contribution in [0.5, 0.6) is 0 Å². The topological polar surface area (TPSA) is 78.7 Å². The van der Waals surface area contributed by atoms with Gasteiger partial charge in [-0.05, 0) is 18.9 Å². The minimum Gasteiger partial charge on any atom is -0.388 e. The summed E-state index contributed by atoms with van der Waals surface area (Å²) >= 11 is 4.99. The summed E-state index contributed by atoms with van der Waals surface area (Å²) in [5.41, 5.74) is 6.96. The van der Waals surface area contributed by atoms with Crippen molar-refractivity contribution in [1.29, 1.82) is 0 Å². The molecule has 3 rings (SSSR count). The number of nitrogens with two attached hydrogens (primary N) is 1. The van der Waals surface area contributed by atoms with Crippen molar-refractivity contribution in [2.75, 3.05) is 0 Å². The van der Waals surface area contributed by atoms with Gasteiger partial charge in [0, 0.05) is 24.7 Å². The van der Waals surface area contributed by atoms with Crippen LogP contribution in [0.3, 0.4) is 0 Å². The number of aryl methyl sites for hydroxylation is 1. The molecule has 104 valence electrons. The van der Waals surface area contributed by atoms with Crippen LogP contribution >= 0.6 is 12.2 Å². The van der Waals surface area contributed by atoms with Gasteiger partial charge in [-0.1, -0.05) is 18.3 Å². The fourth-order valence-corrected chi connectivity index (χ4v) is 2.68. The number of nitrogens with zero attached hydrogens (tertiary/aromatic N) is 4. The van der Waals surface area contributed by atoms with Gasteiger partial charge >= 0.3 is 5.69 Å². The van der Waals surface area contributed by atoms with E-state index in [-0.39, 0.29) is 10.7 Å². The second kappa shape index (κ2) is 5.16. The van der Waals surface area contributed by atoms with E-state index in [9.17, 15) is 4.79 Å². The Morgan fingerprint density at radius 3 is 3.05 bits per heavy atom. The lowest BCUT2D eigenvalue weighted by Crippen LogP contribution is -2.28. The summed E-state index contributed by atoms with van der Waals surface area (Å²) in [5, 5.41) is 4.40. The fraction of sp³-hybridized carbons (Fsp3) is 0.385. The molecule has 0 bridgehead atoms. The van der Waals surface area contributed by atoms with Crippen LogP contribution in [0.4, 0.5) is 0 Å². The van der Waals surface area contributed by atoms with E-state index in [1.807, 2.05) is 6.07 Å². The van der Waals surface area contributed by atoms with Crippen LogP contribution in [0.2, 0.25) is 0 Å². The molecule has 0 saturated carbocycles. The molecule has 2 aromatic heterocycles. The van der Waals surface area contributed by atoms with Gasteiger partial charge in [0.25, 0.3) is 0 Å². The summed E-state index contributed by atoms with van der Waals surface area (Å²) in [6, 6.07) is 3.67. The number of thiocarbonyl (C=S) groups is 1. The lowest BCUT2D eigenvalue weighted by molar-refractivity contribution is 0.511. The molecule has 0 fully saturated rings. The standard InChI is InChI=1S/C13H15N5OS/c14-12(20)11-9(4-3-6-15-11)8-18-13(19)17-7-2-1-5-10(17)16-18/h3-4,6H,1-2,5,7-8H2,(H2,14,20). The number of fused-ring (bicyclic) bond motifs is 1. The zero-order chi connectivity index (χ0) is 14.1. The van der Waals surface area contributed by atoms with Gasteiger partial charge in [-0.25, -0.2) is 9.48 Å². The van der Waals surface area contributed by atoms with Crippen LogP contribution in [0.1, 0.15) is 29.9 Å². The molecule has 1 aliphatic rings. The number of hydrogen-bond acceptors (Lipinski definition) is 4. The molecular formula is C13H15N5OS. The molecule has 2 aromatic rings. The van der Waals surface area contributed by atoms with Crippen molar-refractivity contribution < 1.29 is 0 Å². The van der Waals surface area contributed by atoms with Gasteiger partial charge in [0.05, 0.1) is 6.54 Å². The molecule has 0 spiro atoms. The summed E-state index contributed by atoms with van der Waals surface area (Å²) in [6.07, 6.45) is 4.61. The molecule has 6 nitrogen and oxygen atoms in total. The predicted octanol–water partition coefficient (Wildman–Crippen LogP) is 0.459. The third kappa shape index (κ3) is 2.24. The molecule has 3 heterocycles. The first-order chi connectivity index (χ1) is 9.66. The van der Waals surface area contributed by atoms with Gasteiger partial charge in [-0.2, -0.15) is 5.10 Å². The van der Waals surface area contributed by atoms with Gasteiger partial charge in [0.2, 0.25) is 0 Å². The minimum absolute atomic E-state index is 0.0718. The molecule has 0 saturated heterocycles. The molecule has 7 heteroatoms. The normalized spacial score (nSPS) is 14.0. The maximum atomic E-state index is 12.3. The molecule has 0 radical (unpaired) electrons. The molecule has 0 atom stereocenters. The van der Waals surface area contributed by atoms with E-state index in [1.54, 1.807) is 16.8 Å². The molecule has 2 N–H and O–H groups in total. The van der Waals surface area contributed by atoms with Crippen LogP contribution in [-0.2, 0) is 19.5 Å². The first-order valence-electron chi connectivity index (χ1n) is 6.57. The number of aromatic nitrogens is 4. The van der Waals surface area contributed by atoms with E-state index in [2.05, 4.69) is 10.1 Å². The highest BCUT2D eigenvalue weighted by Crippen LogP contribution is 2.11. The summed E-state index contributed by atoms with van der Waals surface area (Å²) in [4.78, 5) is 16.7. The van der Waals surface area contributed by atoms with Gasteiger partial charge in [-0.3, -0.25) is 9.55 Å². The predicted molar refractivity (Wildman–Crippen MR) is 78.7 cm³/mol. The Bertz CT molecular complexity index is 718. The van der Waals surface area contributed by atoms with Crippen LogP contribution in [0.25, 0.3) is 0 Å². The van der Waals surface area contributed by atoms with Gasteiger partial charge in [0.1, 0.15) is 16.5 Å². The first-order valence-corrected chi connectivity index (χ1v) is 6.98. The minimum atomic E-state index is -0.0718. The average Bonchev–Trinajstić information content (AvgIpc) is 2.76. The molecule has 1 aliphatic heterocycles. The van der Waals surface area contributed by atoms with E-state index in [1.165, 1.54) is 4.68 Å². The molecular weight excluding hydrogens is 274 g/mol. The lowest BCUT2D eigenvalue weighted by atomic mass is 10.2. The Labute approximate surface area is 121 Å². The van der Waals surface area contributed by atoms with E-state index < -0.39 is 0 Å². The third-order valence-electron chi connectivity index (χ3n) is 3.48. The lowest BCUT2D eigenvalue weighted by Gasteiger charge is -2.09. The second-order valence-electron chi connectivity index (χ2n) is 4.84. The zero-order valence-corrected chi connectivity index (χ0v) is 11.8. The maximum absolute atomic E-state index is 12.3. The summed E-state index contributed by atoms with van der Waals surface area (Å²) in [5.74, 6) is 0.863. The largest absolute Gasteiger partial charge is 0.388 e. The molecule has 0 aliphatic carbocycles. The van der Waals surface area contributed by atoms with Gasteiger partial charge < -0.3 is 5.73 Å². The Morgan fingerprint density at radius 1 is 1.45 bits per heavy atom. The monoisotopic (exact) mass is 289 g/mol. The smallest absolute Gasteiger partial charge is 0.346 e. The molecule has 0 aromatic carbocycles. The van der Waals surface area contributed by atoms with Crippen LogP contribution in [-0.4, -0.2) is 24.3 Å². The van der Waals surface area contributed by atoms with E-state index >= 15 is 0 Å². The molecule has 0 amide bonds. The third-order valence-corrected chi connectivity index (χ3v) is 3.67. The zero-order valence-electron chi connectivity index (χ0n) is 11.0. The highest BCUT2D eigenvalue weighted by atomic mass is 32.1. The Balaban J connectivity index is 1.98. The fourth-order valence-electron chi connectivity index (χ4n) is 2.50. The molecule has 20 heavy (non-hydrogen) atoms. The maximum Gasteiger partial charge on any atom is 0.346 e. The van der Waals surface area contributed by atoms with Crippen LogP contribution in [0.15, 0.2) is 23.1 Å². The van der Waals surface area contributed by atoms with Crippen molar-refractivity contribution in [2.45, 2.75) is 32.4 Å². The SMILES string of the molecule is NC(=S)c1ncccc1Cn1nc2n(c1=O)CCCC2. The summed E-state index contributed by atoms with van der Waals surface area (Å²) in [7, 11) is 0. The van der Waals surface area contributed by atoms with Crippen LogP contribution < -0.4 is 11.4 Å². The quantitative estimate of drug-likeness (QED) is 0.830. The van der Waals surface area contributed by atoms with Gasteiger partial charge in [0.15, 0.2) is 0 Å². The van der Waals surface area contributed by atoms with Crippen molar-refractivity contribution in [3.05, 3.63) is 45.9 Å². The van der Waals surface area contributed by atoms with Crippen LogP contribution in [0, 0.1) is 0 Å². The van der Waals surface area contributed by atoms with Gasteiger partial charge in [-0.15, -0.1) is 0 Å². The van der Waals surface area contributed by atoms with E-state index in [0.29, 0.717) is 12.2 Å². The van der Waals surface area contributed by atoms with E-state index in [4.69, 9.17) is 18.0 Å². The number of hydrogen-bond donors (Lipinski definition) is 1. The highest BCUT2D eigenvalue weighted by Gasteiger charge is 2.17. The number of pyridine rings is 1.